The van der Waals surface area contributed by atoms with E-state index in [9.17, 15) is 4.57 Å². The SMILES string of the molecule is CCO[PH](=O)CC(C)C. The molecule has 0 heterocycles. The first-order valence-corrected chi connectivity index (χ1v) is 4.84. The van der Waals surface area contributed by atoms with Crippen molar-refractivity contribution in [3.05, 3.63) is 0 Å². The van der Waals surface area contributed by atoms with Crippen LogP contribution in [0.25, 0.3) is 0 Å². The minimum absolute atomic E-state index is 0.489. The average Bonchev–Trinajstić information content (AvgIpc) is 1.63. The van der Waals surface area contributed by atoms with E-state index in [0.29, 0.717) is 12.5 Å². The summed E-state index contributed by atoms with van der Waals surface area (Å²) in [5.41, 5.74) is 0. The predicted molar refractivity (Wildman–Crippen MR) is 40.3 cm³/mol. The number of hydrogen-bond acceptors (Lipinski definition) is 2. The topological polar surface area (TPSA) is 26.3 Å². The third kappa shape index (κ3) is 6.07. The first-order valence-electron chi connectivity index (χ1n) is 3.32. The number of rotatable bonds is 4. The second kappa shape index (κ2) is 5.01. The van der Waals surface area contributed by atoms with Crippen molar-refractivity contribution >= 4 is 8.03 Å². The lowest BCUT2D eigenvalue weighted by Gasteiger charge is -2.02. The molecule has 0 aliphatic heterocycles. The minimum Gasteiger partial charge on any atom is -0.331 e. The van der Waals surface area contributed by atoms with Gasteiger partial charge in [-0.3, -0.25) is 4.57 Å². The Bertz CT molecular complexity index is 91.1. The summed E-state index contributed by atoms with van der Waals surface area (Å²) in [5, 5.41) is 0. The van der Waals surface area contributed by atoms with Crippen molar-refractivity contribution in [1.82, 2.24) is 0 Å². The quantitative estimate of drug-likeness (QED) is 0.574. The molecule has 0 radical (unpaired) electrons. The summed E-state index contributed by atoms with van der Waals surface area (Å²) >= 11 is 0. The molecule has 2 nitrogen and oxygen atoms in total. The molecule has 0 aromatic rings. The van der Waals surface area contributed by atoms with Gasteiger partial charge in [-0.15, -0.1) is 0 Å². The molecule has 0 saturated carbocycles. The van der Waals surface area contributed by atoms with Gasteiger partial charge in [0.2, 0.25) is 0 Å². The van der Waals surface area contributed by atoms with Gasteiger partial charge in [0.1, 0.15) is 0 Å². The minimum atomic E-state index is -1.69. The van der Waals surface area contributed by atoms with Gasteiger partial charge >= 0.3 is 0 Å². The Balaban J connectivity index is 3.27. The van der Waals surface area contributed by atoms with Crippen molar-refractivity contribution in [3.8, 4) is 0 Å². The lowest BCUT2D eigenvalue weighted by Crippen LogP contribution is -1.91. The van der Waals surface area contributed by atoms with E-state index in [0.717, 1.165) is 6.16 Å². The Labute approximate surface area is 57.5 Å². The standard InChI is InChI=1S/C6H15O2P/c1-4-8-9(7)5-6(2)3/h6,9H,4-5H2,1-3H3. The Morgan fingerprint density at radius 3 is 2.44 bits per heavy atom. The van der Waals surface area contributed by atoms with Gasteiger partial charge in [0.25, 0.3) is 0 Å². The van der Waals surface area contributed by atoms with E-state index in [2.05, 4.69) is 0 Å². The maximum atomic E-state index is 10.8. The molecule has 0 rings (SSSR count). The lowest BCUT2D eigenvalue weighted by molar-refractivity contribution is 0.347. The molecule has 9 heavy (non-hydrogen) atoms. The van der Waals surface area contributed by atoms with Gasteiger partial charge in [-0.1, -0.05) is 13.8 Å². The Kier molecular flexibility index (Phi) is 5.12. The number of hydrogen-bond donors (Lipinski definition) is 0. The molecule has 0 spiro atoms. The summed E-state index contributed by atoms with van der Waals surface area (Å²) in [6, 6.07) is 0. The van der Waals surface area contributed by atoms with Crippen molar-refractivity contribution in [2.24, 2.45) is 5.92 Å². The van der Waals surface area contributed by atoms with Crippen LogP contribution in [0.3, 0.4) is 0 Å². The Morgan fingerprint density at radius 1 is 1.56 bits per heavy atom. The molecule has 0 fully saturated rings. The van der Waals surface area contributed by atoms with E-state index in [1.165, 1.54) is 0 Å². The van der Waals surface area contributed by atoms with E-state index in [1.54, 1.807) is 0 Å². The van der Waals surface area contributed by atoms with Crippen LogP contribution in [0.4, 0.5) is 0 Å². The van der Waals surface area contributed by atoms with Crippen LogP contribution >= 0.6 is 8.03 Å². The van der Waals surface area contributed by atoms with Crippen LogP contribution in [-0.4, -0.2) is 12.8 Å². The molecule has 0 saturated heterocycles. The first-order chi connectivity index (χ1) is 4.16. The van der Waals surface area contributed by atoms with E-state index in [-0.39, 0.29) is 0 Å². The van der Waals surface area contributed by atoms with E-state index in [1.807, 2.05) is 20.8 Å². The normalized spacial score (nSPS) is 14.2. The fraction of sp³-hybridized carbons (Fsp3) is 1.00. The van der Waals surface area contributed by atoms with Crippen molar-refractivity contribution in [2.45, 2.75) is 20.8 Å². The highest BCUT2D eigenvalue weighted by atomic mass is 31.1. The largest absolute Gasteiger partial charge is 0.331 e. The fourth-order valence-corrected chi connectivity index (χ4v) is 1.66. The first kappa shape index (κ1) is 9.19. The second-order valence-corrected chi connectivity index (χ2v) is 3.84. The molecule has 0 aromatic heterocycles. The van der Waals surface area contributed by atoms with Gasteiger partial charge in [0.15, 0.2) is 8.03 Å². The summed E-state index contributed by atoms with van der Waals surface area (Å²) < 4.78 is 15.7. The maximum Gasteiger partial charge on any atom is 0.191 e. The molecule has 0 bridgehead atoms. The van der Waals surface area contributed by atoms with Gasteiger partial charge in [0.05, 0.1) is 6.61 Å². The van der Waals surface area contributed by atoms with Gasteiger partial charge in [-0.2, -0.15) is 0 Å². The summed E-state index contributed by atoms with van der Waals surface area (Å²) in [6.45, 7) is 6.52. The molecule has 56 valence electrons. The average molecular weight is 150 g/mol. The van der Waals surface area contributed by atoms with Gasteiger partial charge in [-0.25, -0.2) is 0 Å². The fourth-order valence-electron chi connectivity index (χ4n) is 0.553. The van der Waals surface area contributed by atoms with Gasteiger partial charge in [-0.05, 0) is 12.8 Å². The third-order valence-corrected chi connectivity index (χ3v) is 2.64. The van der Waals surface area contributed by atoms with Crippen LogP contribution < -0.4 is 0 Å². The van der Waals surface area contributed by atoms with Gasteiger partial charge < -0.3 is 4.52 Å². The molecular weight excluding hydrogens is 135 g/mol. The summed E-state index contributed by atoms with van der Waals surface area (Å²) in [7, 11) is -1.69. The van der Waals surface area contributed by atoms with Crippen LogP contribution in [0, 0.1) is 5.92 Å². The zero-order valence-corrected chi connectivity index (χ0v) is 7.31. The molecule has 1 unspecified atom stereocenters. The lowest BCUT2D eigenvalue weighted by atomic mass is 10.3. The predicted octanol–water partition coefficient (Wildman–Crippen LogP) is 2.15. The third-order valence-electron chi connectivity index (χ3n) is 0.880. The van der Waals surface area contributed by atoms with Crippen molar-refractivity contribution in [3.63, 3.8) is 0 Å². The highest BCUT2D eigenvalue weighted by Gasteiger charge is 2.00. The van der Waals surface area contributed by atoms with Crippen LogP contribution in [-0.2, 0) is 9.09 Å². The molecule has 0 amide bonds. The molecule has 0 aliphatic carbocycles. The second-order valence-electron chi connectivity index (χ2n) is 2.40. The summed E-state index contributed by atoms with van der Waals surface area (Å²) in [4.78, 5) is 0. The Morgan fingerprint density at radius 2 is 2.11 bits per heavy atom. The monoisotopic (exact) mass is 150 g/mol. The molecule has 0 aromatic carbocycles. The molecular formula is C6H15O2P. The van der Waals surface area contributed by atoms with Crippen molar-refractivity contribution in [2.75, 3.05) is 12.8 Å². The van der Waals surface area contributed by atoms with Crippen LogP contribution in [0.1, 0.15) is 20.8 Å². The Hall–Kier alpha value is 0.190. The smallest absolute Gasteiger partial charge is 0.191 e. The zero-order valence-electron chi connectivity index (χ0n) is 6.31. The van der Waals surface area contributed by atoms with E-state index < -0.39 is 8.03 Å². The van der Waals surface area contributed by atoms with Gasteiger partial charge in [0, 0.05) is 6.16 Å². The highest BCUT2D eigenvalue weighted by Crippen LogP contribution is 2.24. The molecule has 1 atom stereocenters. The molecule has 0 aliphatic rings. The van der Waals surface area contributed by atoms with E-state index >= 15 is 0 Å². The maximum absolute atomic E-state index is 10.8. The van der Waals surface area contributed by atoms with Crippen LogP contribution in [0.15, 0.2) is 0 Å². The van der Waals surface area contributed by atoms with Crippen molar-refractivity contribution < 1.29 is 9.09 Å². The van der Waals surface area contributed by atoms with Crippen molar-refractivity contribution in [1.29, 1.82) is 0 Å². The summed E-state index contributed by atoms with van der Waals surface area (Å²) in [5.74, 6) is 0.489. The molecule has 3 heteroatoms. The molecule has 0 N–H and O–H groups in total. The van der Waals surface area contributed by atoms with Crippen LogP contribution in [0.2, 0.25) is 0 Å². The summed E-state index contributed by atoms with van der Waals surface area (Å²) in [6.07, 6.45) is 0.721. The highest BCUT2D eigenvalue weighted by molar-refractivity contribution is 7.39. The van der Waals surface area contributed by atoms with E-state index in [4.69, 9.17) is 4.52 Å². The van der Waals surface area contributed by atoms with Crippen LogP contribution in [0.5, 0.6) is 0 Å². The zero-order chi connectivity index (χ0) is 7.28.